The van der Waals surface area contributed by atoms with Gasteiger partial charge in [0.1, 0.15) is 11.9 Å². The zero-order valence-corrected chi connectivity index (χ0v) is 19.4. The van der Waals surface area contributed by atoms with Gasteiger partial charge in [-0.15, -0.1) is 0 Å². The Labute approximate surface area is 200 Å². The van der Waals surface area contributed by atoms with Gasteiger partial charge in [-0.25, -0.2) is 4.98 Å². The topological polar surface area (TPSA) is 78.1 Å². The van der Waals surface area contributed by atoms with Gasteiger partial charge in [-0.2, -0.15) is 0 Å². The van der Waals surface area contributed by atoms with Gasteiger partial charge in [0, 0.05) is 21.2 Å². The Morgan fingerprint density at radius 2 is 1.73 bits per heavy atom. The summed E-state index contributed by atoms with van der Waals surface area (Å²) >= 11 is 12.1. The second-order valence-corrected chi connectivity index (χ2v) is 9.21. The zero-order chi connectivity index (χ0) is 23.3. The standard InChI is InChI=1S/C25H20Cl2N4O2/c1-13(2)22-24(32)30-20-12-17(27)8-10-21(20)31(22)25(33)15-5-9-18-19(11-15)29-23(28-18)14-3-6-16(26)7-4-14/h3-13,22H,1-2H3,(H,28,29)(H,30,32). The van der Waals surface area contributed by atoms with E-state index in [9.17, 15) is 9.59 Å². The summed E-state index contributed by atoms with van der Waals surface area (Å²) in [7, 11) is 0. The highest BCUT2D eigenvalue weighted by atomic mass is 35.5. The molecule has 3 aromatic carbocycles. The Bertz CT molecular complexity index is 1400. The number of aromatic nitrogens is 2. The van der Waals surface area contributed by atoms with E-state index in [0.29, 0.717) is 32.8 Å². The molecule has 0 radical (unpaired) electrons. The van der Waals surface area contributed by atoms with Crippen molar-refractivity contribution in [2.75, 3.05) is 10.2 Å². The quantitative estimate of drug-likeness (QED) is 0.370. The first-order chi connectivity index (χ1) is 15.8. The van der Waals surface area contributed by atoms with E-state index < -0.39 is 6.04 Å². The molecule has 1 aliphatic heterocycles. The number of hydrogen-bond donors (Lipinski definition) is 2. The average molecular weight is 479 g/mol. The van der Waals surface area contributed by atoms with Gasteiger partial charge in [0.25, 0.3) is 5.91 Å². The number of fused-ring (bicyclic) bond motifs is 2. The molecule has 0 saturated carbocycles. The van der Waals surface area contributed by atoms with Crippen LogP contribution in [-0.4, -0.2) is 27.8 Å². The first-order valence-corrected chi connectivity index (χ1v) is 11.3. The average Bonchev–Trinajstić information content (AvgIpc) is 3.21. The monoisotopic (exact) mass is 478 g/mol. The predicted octanol–water partition coefficient (Wildman–Crippen LogP) is 6.16. The van der Waals surface area contributed by atoms with E-state index in [-0.39, 0.29) is 17.7 Å². The van der Waals surface area contributed by atoms with Gasteiger partial charge < -0.3 is 10.3 Å². The molecular weight excluding hydrogens is 459 g/mol. The van der Waals surface area contributed by atoms with Crippen molar-refractivity contribution in [1.29, 1.82) is 0 Å². The fraction of sp³-hybridized carbons (Fsp3) is 0.160. The Hall–Kier alpha value is -3.35. The molecule has 5 rings (SSSR count). The molecule has 6 nitrogen and oxygen atoms in total. The molecule has 2 amide bonds. The second kappa shape index (κ2) is 8.21. The Balaban J connectivity index is 1.56. The van der Waals surface area contributed by atoms with E-state index in [1.807, 2.05) is 26.0 Å². The van der Waals surface area contributed by atoms with E-state index in [1.54, 1.807) is 53.4 Å². The van der Waals surface area contributed by atoms with Gasteiger partial charge in [-0.3, -0.25) is 14.5 Å². The number of imidazole rings is 1. The molecule has 2 heterocycles. The smallest absolute Gasteiger partial charge is 0.259 e. The summed E-state index contributed by atoms with van der Waals surface area (Å²) in [4.78, 5) is 36.1. The third kappa shape index (κ3) is 3.86. The van der Waals surface area contributed by atoms with Gasteiger partial charge >= 0.3 is 0 Å². The number of nitrogens with one attached hydrogen (secondary N) is 2. The minimum atomic E-state index is -0.645. The largest absolute Gasteiger partial charge is 0.338 e. The van der Waals surface area contributed by atoms with Crippen LogP contribution in [0.4, 0.5) is 11.4 Å². The SMILES string of the molecule is CC(C)C1C(=O)Nc2cc(Cl)ccc2N1C(=O)c1ccc2nc(-c3ccc(Cl)cc3)[nH]c2c1. The van der Waals surface area contributed by atoms with Crippen molar-refractivity contribution in [2.24, 2.45) is 5.92 Å². The lowest BCUT2D eigenvalue weighted by atomic mass is 9.96. The number of rotatable bonds is 3. The first kappa shape index (κ1) is 21.5. The van der Waals surface area contributed by atoms with E-state index in [1.165, 1.54) is 0 Å². The van der Waals surface area contributed by atoms with Crippen LogP contribution in [0.1, 0.15) is 24.2 Å². The summed E-state index contributed by atoms with van der Waals surface area (Å²) in [5.74, 6) is 0.0891. The van der Waals surface area contributed by atoms with Crippen LogP contribution in [0, 0.1) is 5.92 Å². The molecule has 1 aromatic heterocycles. The molecule has 0 saturated heterocycles. The van der Waals surface area contributed by atoms with Gasteiger partial charge in [-0.1, -0.05) is 37.0 Å². The molecule has 1 atom stereocenters. The van der Waals surface area contributed by atoms with E-state index in [4.69, 9.17) is 23.2 Å². The maximum Gasteiger partial charge on any atom is 0.259 e. The lowest BCUT2D eigenvalue weighted by molar-refractivity contribution is -0.118. The summed E-state index contributed by atoms with van der Waals surface area (Å²) in [5, 5.41) is 4.01. The van der Waals surface area contributed by atoms with Crippen LogP contribution in [0.3, 0.4) is 0 Å². The highest BCUT2D eigenvalue weighted by Gasteiger charge is 2.39. The molecule has 2 N–H and O–H groups in total. The number of carbonyl (C=O) groups is 2. The van der Waals surface area contributed by atoms with Crippen molar-refractivity contribution in [1.82, 2.24) is 9.97 Å². The van der Waals surface area contributed by atoms with Crippen molar-refractivity contribution >= 4 is 57.4 Å². The number of nitrogens with zero attached hydrogens (tertiary/aromatic N) is 2. The number of anilines is 2. The van der Waals surface area contributed by atoms with Crippen LogP contribution in [0.25, 0.3) is 22.4 Å². The van der Waals surface area contributed by atoms with Crippen LogP contribution >= 0.6 is 23.2 Å². The van der Waals surface area contributed by atoms with Crippen molar-refractivity contribution in [3.8, 4) is 11.4 Å². The Morgan fingerprint density at radius 3 is 2.45 bits per heavy atom. The van der Waals surface area contributed by atoms with E-state index in [2.05, 4.69) is 15.3 Å². The fourth-order valence-corrected chi connectivity index (χ4v) is 4.45. The lowest BCUT2D eigenvalue weighted by Gasteiger charge is -2.38. The highest BCUT2D eigenvalue weighted by molar-refractivity contribution is 6.31. The highest BCUT2D eigenvalue weighted by Crippen LogP contribution is 2.37. The third-order valence-corrected chi connectivity index (χ3v) is 6.21. The molecule has 0 spiro atoms. The van der Waals surface area contributed by atoms with Crippen molar-refractivity contribution in [2.45, 2.75) is 19.9 Å². The van der Waals surface area contributed by atoms with Crippen LogP contribution in [0.5, 0.6) is 0 Å². The summed E-state index contributed by atoms with van der Waals surface area (Å²) in [5.41, 5.74) is 3.95. The molecule has 0 bridgehead atoms. The lowest BCUT2D eigenvalue weighted by Crippen LogP contribution is -2.53. The third-order valence-electron chi connectivity index (χ3n) is 5.72. The number of hydrogen-bond acceptors (Lipinski definition) is 3. The number of H-pyrrole nitrogens is 1. The Morgan fingerprint density at radius 1 is 1.00 bits per heavy atom. The van der Waals surface area contributed by atoms with Crippen LogP contribution in [0.2, 0.25) is 10.0 Å². The molecule has 1 unspecified atom stereocenters. The zero-order valence-electron chi connectivity index (χ0n) is 17.9. The van der Waals surface area contributed by atoms with Crippen molar-refractivity contribution in [3.05, 3.63) is 76.3 Å². The summed E-state index contributed by atoms with van der Waals surface area (Å²) in [6, 6.07) is 17.2. The molecule has 166 valence electrons. The molecule has 4 aromatic rings. The van der Waals surface area contributed by atoms with Crippen molar-refractivity contribution in [3.63, 3.8) is 0 Å². The second-order valence-electron chi connectivity index (χ2n) is 8.34. The number of amides is 2. The molecular formula is C25H20Cl2N4O2. The van der Waals surface area contributed by atoms with Crippen LogP contribution in [0.15, 0.2) is 60.7 Å². The predicted molar refractivity (Wildman–Crippen MR) is 132 cm³/mol. The maximum absolute atomic E-state index is 13.7. The van der Waals surface area contributed by atoms with Gasteiger partial charge in [0.2, 0.25) is 5.91 Å². The van der Waals surface area contributed by atoms with Crippen LogP contribution < -0.4 is 10.2 Å². The Kier molecular flexibility index (Phi) is 5.35. The van der Waals surface area contributed by atoms with E-state index in [0.717, 1.165) is 16.6 Å². The number of aromatic amines is 1. The van der Waals surface area contributed by atoms with Gasteiger partial charge in [-0.05, 0) is 66.6 Å². The number of carbonyl (C=O) groups excluding carboxylic acids is 2. The minimum Gasteiger partial charge on any atom is -0.338 e. The summed E-state index contributed by atoms with van der Waals surface area (Å²) in [6.07, 6.45) is 0. The van der Waals surface area contributed by atoms with Crippen molar-refractivity contribution < 1.29 is 9.59 Å². The fourth-order valence-electron chi connectivity index (χ4n) is 4.16. The van der Waals surface area contributed by atoms with Gasteiger partial charge in [0.05, 0.1) is 22.4 Å². The molecule has 8 heteroatoms. The number of halogens is 2. The van der Waals surface area contributed by atoms with E-state index >= 15 is 0 Å². The molecule has 33 heavy (non-hydrogen) atoms. The maximum atomic E-state index is 13.7. The molecule has 1 aliphatic rings. The van der Waals surface area contributed by atoms with Crippen LogP contribution in [-0.2, 0) is 4.79 Å². The first-order valence-electron chi connectivity index (χ1n) is 10.5. The number of benzene rings is 3. The van der Waals surface area contributed by atoms with Gasteiger partial charge in [0.15, 0.2) is 0 Å². The molecule has 0 fully saturated rings. The normalized spacial score (nSPS) is 15.6. The summed E-state index contributed by atoms with van der Waals surface area (Å²) < 4.78 is 0. The molecule has 0 aliphatic carbocycles. The minimum absolute atomic E-state index is 0.0924. The summed E-state index contributed by atoms with van der Waals surface area (Å²) in [6.45, 7) is 3.84.